The van der Waals surface area contributed by atoms with Gasteiger partial charge in [0.15, 0.2) is 0 Å². The van der Waals surface area contributed by atoms with Crippen molar-refractivity contribution in [3.05, 3.63) is 95.9 Å². The molecule has 214 valence electrons. The Kier molecular flexibility index (Phi) is 9.04. The molecule has 0 atom stereocenters. The highest BCUT2D eigenvalue weighted by Gasteiger charge is 2.18. The molecule has 1 saturated heterocycles. The smallest absolute Gasteiger partial charge is 0.229 e. The third kappa shape index (κ3) is 7.52. The zero-order valence-corrected chi connectivity index (χ0v) is 24.4. The lowest BCUT2D eigenvalue weighted by molar-refractivity contribution is 0.148. The van der Waals surface area contributed by atoms with Gasteiger partial charge in [-0.15, -0.1) is 0 Å². The van der Waals surface area contributed by atoms with E-state index in [1.165, 1.54) is 37.7 Å². The molecule has 0 bridgehead atoms. The van der Waals surface area contributed by atoms with Crippen LogP contribution >= 0.6 is 0 Å². The van der Waals surface area contributed by atoms with Crippen molar-refractivity contribution < 1.29 is 0 Å². The molecule has 0 spiro atoms. The highest BCUT2D eigenvalue weighted by molar-refractivity contribution is 5.76. The van der Waals surface area contributed by atoms with Crippen molar-refractivity contribution >= 4 is 17.5 Å². The number of aromatic nitrogens is 3. The predicted molar refractivity (Wildman–Crippen MR) is 171 cm³/mol. The number of benzene rings is 2. The van der Waals surface area contributed by atoms with Gasteiger partial charge in [-0.2, -0.15) is 4.98 Å². The van der Waals surface area contributed by atoms with E-state index in [-0.39, 0.29) is 0 Å². The molecule has 2 aliphatic rings. The third-order valence-corrected chi connectivity index (χ3v) is 8.14. The minimum Gasteiger partial charge on any atom is -0.367 e. The summed E-state index contributed by atoms with van der Waals surface area (Å²) in [5.41, 5.74) is 6.13. The van der Waals surface area contributed by atoms with E-state index >= 15 is 0 Å². The summed E-state index contributed by atoms with van der Waals surface area (Å²) in [5, 5.41) is 7.16. The van der Waals surface area contributed by atoms with E-state index in [0.29, 0.717) is 12.0 Å². The maximum absolute atomic E-state index is 4.98. The van der Waals surface area contributed by atoms with Gasteiger partial charge in [-0.05, 0) is 73.3 Å². The lowest BCUT2D eigenvalue weighted by Crippen LogP contribution is -2.43. The molecule has 2 aromatic heterocycles. The third-order valence-electron chi connectivity index (χ3n) is 8.14. The first-order valence-corrected chi connectivity index (χ1v) is 15.1. The van der Waals surface area contributed by atoms with Gasteiger partial charge in [-0.1, -0.05) is 55.5 Å². The highest BCUT2D eigenvalue weighted by Crippen LogP contribution is 2.31. The monoisotopic (exact) mass is 557 g/mol. The highest BCUT2D eigenvalue weighted by atomic mass is 15.2. The molecule has 7 nitrogen and oxygen atoms in total. The van der Waals surface area contributed by atoms with Crippen LogP contribution in [0.3, 0.4) is 0 Å². The molecule has 2 fully saturated rings. The Bertz CT molecular complexity index is 1490. The predicted octanol–water partition coefficient (Wildman–Crippen LogP) is 6.17. The van der Waals surface area contributed by atoms with Crippen molar-refractivity contribution in [1.29, 1.82) is 0 Å². The number of hydrogen-bond acceptors (Lipinski definition) is 7. The Morgan fingerprint density at radius 3 is 2.36 bits per heavy atom. The minimum atomic E-state index is 0.439. The lowest BCUT2D eigenvalue weighted by Gasteiger charge is -2.32. The molecule has 0 unspecified atom stereocenters. The zero-order valence-electron chi connectivity index (χ0n) is 24.4. The van der Waals surface area contributed by atoms with Crippen LogP contribution in [0.15, 0.2) is 79.1 Å². The second-order valence-electron chi connectivity index (χ2n) is 11.4. The first-order chi connectivity index (χ1) is 20.7. The quantitative estimate of drug-likeness (QED) is 0.263. The molecule has 3 heterocycles. The number of rotatable bonds is 7. The summed E-state index contributed by atoms with van der Waals surface area (Å²) in [5.74, 6) is 7.75. The van der Waals surface area contributed by atoms with E-state index < -0.39 is 0 Å². The van der Waals surface area contributed by atoms with Gasteiger partial charge in [-0.3, -0.25) is 4.90 Å². The maximum Gasteiger partial charge on any atom is 0.229 e. The molecule has 6 rings (SSSR count). The van der Waals surface area contributed by atoms with Crippen LogP contribution in [-0.2, 0) is 6.54 Å². The normalized spacial score (nSPS) is 16.4. The van der Waals surface area contributed by atoms with Gasteiger partial charge in [-0.25, -0.2) is 9.97 Å². The summed E-state index contributed by atoms with van der Waals surface area (Å²) in [7, 11) is 2.20. The fraction of sp³-hybridized carbons (Fsp3) is 0.343. The number of pyridine rings is 1. The van der Waals surface area contributed by atoms with Crippen LogP contribution in [-0.4, -0.2) is 64.0 Å². The van der Waals surface area contributed by atoms with Crippen molar-refractivity contribution in [2.75, 3.05) is 43.9 Å². The fourth-order valence-electron chi connectivity index (χ4n) is 5.60. The molecule has 7 heteroatoms. The minimum absolute atomic E-state index is 0.439. The van der Waals surface area contributed by atoms with E-state index in [1.54, 1.807) is 6.20 Å². The Labute approximate surface area is 249 Å². The molecule has 1 saturated carbocycles. The largest absolute Gasteiger partial charge is 0.367 e. The van der Waals surface area contributed by atoms with Crippen LogP contribution in [0.2, 0.25) is 0 Å². The van der Waals surface area contributed by atoms with Crippen molar-refractivity contribution in [2.45, 2.75) is 44.7 Å². The fourth-order valence-corrected chi connectivity index (χ4v) is 5.60. The average molecular weight is 558 g/mol. The van der Waals surface area contributed by atoms with Gasteiger partial charge in [0.2, 0.25) is 5.95 Å². The first-order valence-electron chi connectivity index (χ1n) is 15.1. The summed E-state index contributed by atoms with van der Waals surface area (Å²) in [4.78, 5) is 18.9. The van der Waals surface area contributed by atoms with Crippen molar-refractivity contribution in [3.63, 3.8) is 0 Å². The van der Waals surface area contributed by atoms with Gasteiger partial charge in [0.05, 0.1) is 0 Å². The van der Waals surface area contributed by atoms with Crippen molar-refractivity contribution in [1.82, 2.24) is 24.8 Å². The summed E-state index contributed by atoms with van der Waals surface area (Å²) >= 11 is 0. The SMILES string of the molecule is CN1CCN(Cc2ccc(-c3cnc(Nc4ccc(C#Cc5ccccn5)cc4)nc3NC3CCCCC3)cc2)CC1. The van der Waals surface area contributed by atoms with Crippen LogP contribution in [0.5, 0.6) is 0 Å². The molecule has 4 aromatic rings. The van der Waals surface area contributed by atoms with Crippen LogP contribution < -0.4 is 10.6 Å². The molecule has 2 N–H and O–H groups in total. The molecule has 0 amide bonds. The second-order valence-corrected chi connectivity index (χ2v) is 11.4. The molecule has 1 aliphatic heterocycles. The molecule has 0 radical (unpaired) electrons. The number of piperazine rings is 1. The van der Waals surface area contributed by atoms with Crippen LogP contribution in [0.1, 0.15) is 48.9 Å². The Morgan fingerprint density at radius 2 is 1.62 bits per heavy atom. The standard InChI is InChI=1S/C35H39N7/c1-41-21-23-42(24-22-41)26-28-10-15-29(16-11-28)33-25-37-35(40-34(33)38-31-8-3-2-4-9-31)39-32-18-13-27(14-19-32)12-17-30-7-5-6-20-36-30/h5-7,10-11,13-16,18-20,25,31H,2-4,8-9,21-24,26H2,1H3,(H2,37,38,39,40). The number of nitrogens with one attached hydrogen (secondary N) is 2. The van der Waals surface area contributed by atoms with E-state index in [1.807, 2.05) is 48.7 Å². The van der Waals surface area contributed by atoms with E-state index in [0.717, 1.165) is 66.6 Å². The summed E-state index contributed by atoms with van der Waals surface area (Å²) in [6.07, 6.45) is 9.90. The summed E-state index contributed by atoms with van der Waals surface area (Å²) in [6.45, 7) is 5.51. The van der Waals surface area contributed by atoms with Crippen molar-refractivity contribution in [3.8, 4) is 23.0 Å². The Balaban J connectivity index is 1.18. The first kappa shape index (κ1) is 27.9. The molecular formula is C35H39N7. The van der Waals surface area contributed by atoms with Crippen molar-refractivity contribution in [2.24, 2.45) is 0 Å². The number of nitrogens with zero attached hydrogens (tertiary/aromatic N) is 5. The molecular weight excluding hydrogens is 518 g/mol. The van der Waals surface area contributed by atoms with Crippen LogP contribution in [0.25, 0.3) is 11.1 Å². The topological polar surface area (TPSA) is 69.2 Å². The van der Waals surface area contributed by atoms with Crippen LogP contribution in [0.4, 0.5) is 17.5 Å². The maximum atomic E-state index is 4.98. The van der Waals surface area contributed by atoms with E-state index in [2.05, 4.69) is 68.6 Å². The zero-order chi connectivity index (χ0) is 28.6. The lowest BCUT2D eigenvalue weighted by atomic mass is 9.95. The van der Waals surface area contributed by atoms with Gasteiger partial charge >= 0.3 is 0 Å². The van der Waals surface area contributed by atoms with E-state index in [4.69, 9.17) is 9.97 Å². The average Bonchev–Trinajstić information content (AvgIpc) is 3.04. The Morgan fingerprint density at radius 1 is 0.833 bits per heavy atom. The van der Waals surface area contributed by atoms with Gasteiger partial charge in [0.25, 0.3) is 0 Å². The molecule has 2 aromatic carbocycles. The number of anilines is 3. The van der Waals surface area contributed by atoms with Gasteiger partial charge in [0, 0.05) is 68.0 Å². The number of hydrogen-bond donors (Lipinski definition) is 2. The van der Waals surface area contributed by atoms with Gasteiger partial charge in [0.1, 0.15) is 11.5 Å². The molecule has 1 aliphatic carbocycles. The molecule has 42 heavy (non-hydrogen) atoms. The second kappa shape index (κ2) is 13.6. The number of likely N-dealkylation sites (N-methyl/N-ethyl adjacent to an activating group) is 1. The summed E-state index contributed by atoms with van der Waals surface area (Å²) < 4.78 is 0. The van der Waals surface area contributed by atoms with Crippen LogP contribution in [0, 0.1) is 11.8 Å². The Hall–Kier alpha value is -4.25. The summed E-state index contributed by atoms with van der Waals surface area (Å²) in [6, 6.07) is 23.1. The van der Waals surface area contributed by atoms with Gasteiger partial charge < -0.3 is 15.5 Å². The van der Waals surface area contributed by atoms with E-state index in [9.17, 15) is 0 Å².